The normalized spacial score (nSPS) is 18.9. The van der Waals surface area contributed by atoms with Gasteiger partial charge in [0, 0.05) is 29.6 Å². The zero-order valence-corrected chi connectivity index (χ0v) is 22.9. The number of carboxylic acids is 1. The number of carbonyl (C=O) groups is 1. The predicted molar refractivity (Wildman–Crippen MR) is 151 cm³/mol. The lowest BCUT2D eigenvalue weighted by molar-refractivity contribution is -0.137. The summed E-state index contributed by atoms with van der Waals surface area (Å²) in [6.07, 6.45) is 6.72. The number of ether oxygens (including phenoxy) is 1. The first-order chi connectivity index (χ1) is 18.4. The van der Waals surface area contributed by atoms with Gasteiger partial charge in [0.25, 0.3) is 0 Å². The van der Waals surface area contributed by atoms with Gasteiger partial charge in [0.05, 0.1) is 12.6 Å². The van der Waals surface area contributed by atoms with Crippen LogP contribution in [0.1, 0.15) is 62.2 Å². The van der Waals surface area contributed by atoms with Gasteiger partial charge in [-0.3, -0.25) is 9.78 Å². The lowest BCUT2D eigenvalue weighted by Crippen LogP contribution is -2.41. The van der Waals surface area contributed by atoms with E-state index in [1.165, 1.54) is 5.56 Å². The van der Waals surface area contributed by atoms with Gasteiger partial charge in [0.2, 0.25) is 0 Å². The Hall–Kier alpha value is -2.70. The molecule has 0 bridgehead atoms. The maximum Gasteiger partial charge on any atom is 0.303 e. The Kier molecular flexibility index (Phi) is 10.4. The Bertz CT molecular complexity index is 1210. The number of hydrogen-bond donors (Lipinski definition) is 1. The van der Waals surface area contributed by atoms with Gasteiger partial charge in [-0.25, -0.2) is 4.39 Å². The molecule has 2 heterocycles. The SMILES string of the molecule is COc1ccc2nccc([C@H](F)CC[C@@H]3CCN(CCCCc4cccc(Cl)c4)C[C@H]3CCC(=O)O)c2c1. The van der Waals surface area contributed by atoms with Crippen molar-refractivity contribution < 1.29 is 19.0 Å². The molecule has 1 fully saturated rings. The Morgan fingerprint density at radius 2 is 2.05 bits per heavy atom. The molecule has 1 aliphatic heterocycles. The molecule has 0 aliphatic carbocycles. The number of aromatic nitrogens is 1. The molecule has 0 amide bonds. The van der Waals surface area contributed by atoms with E-state index in [1.807, 2.05) is 36.4 Å². The maximum atomic E-state index is 15.6. The number of benzene rings is 2. The molecule has 0 radical (unpaired) electrons. The molecule has 1 aliphatic rings. The zero-order valence-electron chi connectivity index (χ0n) is 22.1. The molecule has 0 saturated carbocycles. The summed E-state index contributed by atoms with van der Waals surface area (Å²) in [6, 6.07) is 15.3. The third-order valence-electron chi connectivity index (χ3n) is 7.89. The lowest BCUT2D eigenvalue weighted by atomic mass is 9.79. The molecule has 1 aromatic heterocycles. The highest BCUT2D eigenvalue weighted by Gasteiger charge is 2.30. The van der Waals surface area contributed by atoms with Crippen LogP contribution in [-0.2, 0) is 11.2 Å². The zero-order chi connectivity index (χ0) is 26.9. The topological polar surface area (TPSA) is 62.7 Å². The Morgan fingerprint density at radius 1 is 1.18 bits per heavy atom. The number of rotatable bonds is 13. The molecule has 38 heavy (non-hydrogen) atoms. The Morgan fingerprint density at radius 3 is 2.84 bits per heavy atom. The third kappa shape index (κ3) is 7.90. The van der Waals surface area contributed by atoms with E-state index in [0.29, 0.717) is 30.1 Å². The minimum atomic E-state index is -1.10. The van der Waals surface area contributed by atoms with Gasteiger partial charge in [-0.1, -0.05) is 23.7 Å². The van der Waals surface area contributed by atoms with E-state index >= 15 is 4.39 Å². The van der Waals surface area contributed by atoms with E-state index in [-0.39, 0.29) is 12.3 Å². The van der Waals surface area contributed by atoms with E-state index in [4.69, 9.17) is 16.3 Å². The van der Waals surface area contributed by atoms with Gasteiger partial charge in [-0.05, 0) is 117 Å². The number of halogens is 2. The fourth-order valence-electron chi connectivity index (χ4n) is 5.79. The number of pyridine rings is 1. The molecule has 3 aromatic rings. The van der Waals surface area contributed by atoms with Crippen LogP contribution in [0.3, 0.4) is 0 Å². The highest BCUT2D eigenvalue weighted by atomic mass is 35.5. The van der Waals surface area contributed by atoms with Crippen LogP contribution in [0.5, 0.6) is 5.75 Å². The number of likely N-dealkylation sites (tertiary alicyclic amines) is 1. The van der Waals surface area contributed by atoms with Crippen LogP contribution in [0.4, 0.5) is 4.39 Å². The minimum Gasteiger partial charge on any atom is -0.497 e. The molecule has 0 unspecified atom stereocenters. The van der Waals surface area contributed by atoms with Crippen LogP contribution in [0.25, 0.3) is 10.9 Å². The Balaban J connectivity index is 1.32. The number of unbranched alkanes of at least 4 members (excludes halogenated alkanes) is 1. The van der Waals surface area contributed by atoms with Crippen molar-refractivity contribution in [2.75, 3.05) is 26.7 Å². The van der Waals surface area contributed by atoms with Crippen molar-refractivity contribution in [2.45, 2.75) is 57.5 Å². The van der Waals surface area contributed by atoms with E-state index in [9.17, 15) is 9.90 Å². The van der Waals surface area contributed by atoms with E-state index in [2.05, 4.69) is 16.0 Å². The summed E-state index contributed by atoms with van der Waals surface area (Å²) in [7, 11) is 1.60. The maximum absolute atomic E-state index is 15.6. The van der Waals surface area contributed by atoms with Crippen molar-refractivity contribution >= 4 is 28.5 Å². The van der Waals surface area contributed by atoms with Crippen LogP contribution in [-0.4, -0.2) is 47.7 Å². The highest BCUT2D eigenvalue weighted by molar-refractivity contribution is 6.30. The van der Waals surface area contributed by atoms with Crippen molar-refractivity contribution in [2.24, 2.45) is 11.8 Å². The fraction of sp³-hybridized carbons (Fsp3) is 0.484. The molecule has 7 heteroatoms. The van der Waals surface area contributed by atoms with E-state index in [0.717, 1.165) is 67.7 Å². The number of alkyl halides is 1. The van der Waals surface area contributed by atoms with Crippen LogP contribution >= 0.6 is 11.6 Å². The molecule has 4 rings (SSSR count). The van der Waals surface area contributed by atoms with Crippen LogP contribution in [0.2, 0.25) is 5.02 Å². The molecule has 2 aromatic carbocycles. The molecule has 3 atom stereocenters. The van der Waals surface area contributed by atoms with Gasteiger partial charge in [0.15, 0.2) is 0 Å². The minimum absolute atomic E-state index is 0.164. The number of piperidine rings is 1. The summed E-state index contributed by atoms with van der Waals surface area (Å²) in [5.41, 5.74) is 2.67. The van der Waals surface area contributed by atoms with Crippen molar-refractivity contribution in [1.82, 2.24) is 9.88 Å². The van der Waals surface area contributed by atoms with Gasteiger partial charge >= 0.3 is 5.97 Å². The summed E-state index contributed by atoms with van der Waals surface area (Å²) in [5.74, 6) is 0.530. The monoisotopic (exact) mass is 540 g/mol. The van der Waals surface area contributed by atoms with Crippen molar-refractivity contribution in [1.29, 1.82) is 0 Å². The number of hydrogen-bond acceptors (Lipinski definition) is 4. The summed E-state index contributed by atoms with van der Waals surface area (Å²) < 4.78 is 20.9. The first-order valence-corrected chi connectivity index (χ1v) is 14.1. The third-order valence-corrected chi connectivity index (χ3v) is 8.13. The molecule has 1 N–H and O–H groups in total. The number of carboxylic acid groups (broad SMARTS) is 1. The van der Waals surface area contributed by atoms with E-state index in [1.54, 1.807) is 19.4 Å². The average Bonchev–Trinajstić information content (AvgIpc) is 2.92. The van der Waals surface area contributed by atoms with Gasteiger partial charge in [0.1, 0.15) is 11.9 Å². The lowest BCUT2D eigenvalue weighted by Gasteiger charge is -2.39. The molecular formula is C31H38ClFN2O3. The first kappa shape index (κ1) is 28.3. The average molecular weight is 541 g/mol. The quantitative estimate of drug-likeness (QED) is 0.227. The second-order valence-electron chi connectivity index (χ2n) is 10.5. The summed E-state index contributed by atoms with van der Waals surface area (Å²) >= 11 is 6.10. The predicted octanol–water partition coefficient (Wildman–Crippen LogP) is 7.51. The van der Waals surface area contributed by atoms with Crippen LogP contribution in [0.15, 0.2) is 54.7 Å². The largest absolute Gasteiger partial charge is 0.497 e. The van der Waals surface area contributed by atoms with Gasteiger partial charge in [-0.2, -0.15) is 0 Å². The fourth-order valence-corrected chi connectivity index (χ4v) is 6.01. The number of nitrogens with zero attached hydrogens (tertiary/aromatic N) is 2. The molecule has 1 saturated heterocycles. The van der Waals surface area contributed by atoms with Gasteiger partial charge in [-0.15, -0.1) is 0 Å². The molecule has 0 spiro atoms. The first-order valence-electron chi connectivity index (χ1n) is 13.7. The molecular weight excluding hydrogens is 503 g/mol. The second kappa shape index (κ2) is 13.9. The number of methoxy groups -OCH3 is 1. The molecule has 204 valence electrons. The Labute approximate surface area is 230 Å². The van der Waals surface area contributed by atoms with Crippen LogP contribution in [0, 0.1) is 11.8 Å². The standard InChI is InChI=1S/C31H38ClFN2O3/c1-38-26-10-12-30-28(20-26)27(14-16-34-30)29(33)11-8-23-15-18-35(21-24(23)9-13-31(36)37)17-3-2-5-22-6-4-7-25(32)19-22/h4,6-7,10,12,14,16,19-20,23-24,29H,2-3,5,8-9,11,13,15,17-18,21H2,1H3,(H,36,37)/t23-,24-,29-/m1/s1. The van der Waals surface area contributed by atoms with Crippen LogP contribution < -0.4 is 4.74 Å². The second-order valence-corrected chi connectivity index (χ2v) is 10.9. The van der Waals surface area contributed by atoms with Crippen molar-refractivity contribution in [3.8, 4) is 5.75 Å². The van der Waals surface area contributed by atoms with E-state index < -0.39 is 12.1 Å². The smallest absolute Gasteiger partial charge is 0.303 e. The number of fused-ring (bicyclic) bond motifs is 1. The molecule has 5 nitrogen and oxygen atoms in total. The summed E-state index contributed by atoms with van der Waals surface area (Å²) in [6.45, 7) is 2.88. The number of aryl methyl sites for hydroxylation is 1. The summed E-state index contributed by atoms with van der Waals surface area (Å²) in [4.78, 5) is 18.2. The number of aliphatic carboxylic acids is 1. The van der Waals surface area contributed by atoms with Crippen molar-refractivity contribution in [3.63, 3.8) is 0 Å². The highest BCUT2D eigenvalue weighted by Crippen LogP contribution is 2.36. The van der Waals surface area contributed by atoms with Gasteiger partial charge < -0.3 is 14.7 Å². The van der Waals surface area contributed by atoms with Crippen molar-refractivity contribution in [3.05, 3.63) is 70.9 Å². The summed E-state index contributed by atoms with van der Waals surface area (Å²) in [5, 5.41) is 10.9.